The van der Waals surface area contributed by atoms with Crippen LogP contribution in [0.25, 0.3) is 22.2 Å². The van der Waals surface area contributed by atoms with Gasteiger partial charge in [-0.25, -0.2) is 13.8 Å². The molecule has 0 aliphatic heterocycles. The molecule has 1 fully saturated rings. The van der Waals surface area contributed by atoms with Crippen molar-refractivity contribution in [3.63, 3.8) is 0 Å². The van der Waals surface area contributed by atoms with Gasteiger partial charge >= 0.3 is 0 Å². The summed E-state index contributed by atoms with van der Waals surface area (Å²) in [5.41, 5.74) is 4.22. The number of ether oxygens (including phenoxy) is 1. The van der Waals surface area contributed by atoms with Crippen molar-refractivity contribution >= 4 is 11.0 Å². The highest BCUT2D eigenvalue weighted by Crippen LogP contribution is 2.49. The van der Waals surface area contributed by atoms with Crippen LogP contribution in [-0.2, 0) is 11.8 Å². The van der Waals surface area contributed by atoms with Crippen LogP contribution in [0.15, 0.2) is 35.3 Å². The van der Waals surface area contributed by atoms with Gasteiger partial charge in [0.1, 0.15) is 5.82 Å². The molecule has 3 aromatic rings. The van der Waals surface area contributed by atoms with Crippen LogP contribution in [0, 0.1) is 6.92 Å². The van der Waals surface area contributed by atoms with E-state index in [0.29, 0.717) is 24.6 Å². The second-order valence-electron chi connectivity index (χ2n) is 8.34. The first-order chi connectivity index (χ1) is 14.2. The number of fused-ring (bicyclic) bond motifs is 1. The number of alkyl halides is 2. The highest BCUT2D eigenvalue weighted by atomic mass is 19.3. The van der Waals surface area contributed by atoms with E-state index >= 15 is 0 Å². The van der Waals surface area contributed by atoms with Crippen LogP contribution in [0.1, 0.15) is 50.0 Å². The molecule has 4 rings (SSSR count). The summed E-state index contributed by atoms with van der Waals surface area (Å²) >= 11 is 0. The van der Waals surface area contributed by atoms with Crippen molar-refractivity contribution in [3.05, 3.63) is 52.2 Å². The van der Waals surface area contributed by atoms with Gasteiger partial charge in [-0.1, -0.05) is 6.07 Å². The van der Waals surface area contributed by atoms with Crippen molar-refractivity contribution < 1.29 is 13.5 Å². The number of hydrogen-bond donors (Lipinski definition) is 0. The first-order valence-electron chi connectivity index (χ1n) is 10.4. The molecule has 1 aromatic carbocycles. The Labute approximate surface area is 174 Å². The fourth-order valence-electron chi connectivity index (χ4n) is 4.28. The summed E-state index contributed by atoms with van der Waals surface area (Å²) in [5.74, 6) is -2.15. The summed E-state index contributed by atoms with van der Waals surface area (Å²) in [7, 11) is 1.74. The highest BCUT2D eigenvalue weighted by Gasteiger charge is 2.48. The number of pyridine rings is 1. The topological polar surface area (TPSA) is 49.1 Å². The maximum Gasteiger partial charge on any atom is 0.253 e. The molecular formula is C23H27F2N3O2. The predicted molar refractivity (Wildman–Crippen MR) is 113 cm³/mol. The van der Waals surface area contributed by atoms with Crippen molar-refractivity contribution in [1.82, 2.24) is 14.1 Å². The SMILES string of the molecule is CCOC[C@@H](C)n1c(C2CC(F)(F)C2)nc2ccc(-c3cc(C)c(=O)n(C)c3)cc21. The fraction of sp³-hybridized carbons (Fsp3) is 0.478. The number of aryl methyl sites for hydroxylation is 2. The molecule has 1 saturated carbocycles. The quantitative estimate of drug-likeness (QED) is 0.580. The normalized spacial score (nSPS) is 17.3. The smallest absolute Gasteiger partial charge is 0.253 e. The molecule has 1 atom stereocenters. The minimum Gasteiger partial charge on any atom is -0.380 e. The van der Waals surface area contributed by atoms with E-state index in [1.165, 1.54) is 0 Å². The van der Waals surface area contributed by atoms with Gasteiger partial charge in [-0.15, -0.1) is 0 Å². The Morgan fingerprint density at radius 3 is 2.63 bits per heavy atom. The molecule has 0 unspecified atom stereocenters. The molecule has 0 saturated heterocycles. The Morgan fingerprint density at radius 2 is 2.00 bits per heavy atom. The predicted octanol–water partition coefficient (Wildman–Crippen LogP) is 4.82. The number of imidazole rings is 1. The molecule has 1 aliphatic rings. The molecule has 30 heavy (non-hydrogen) atoms. The average molecular weight is 415 g/mol. The van der Waals surface area contributed by atoms with Gasteiger partial charge in [-0.3, -0.25) is 4.79 Å². The zero-order valence-corrected chi connectivity index (χ0v) is 17.8. The van der Waals surface area contributed by atoms with Gasteiger partial charge in [0.25, 0.3) is 5.56 Å². The second kappa shape index (κ2) is 7.61. The van der Waals surface area contributed by atoms with E-state index in [9.17, 15) is 13.6 Å². The zero-order valence-electron chi connectivity index (χ0n) is 17.8. The van der Waals surface area contributed by atoms with Crippen LogP contribution < -0.4 is 5.56 Å². The van der Waals surface area contributed by atoms with Gasteiger partial charge in [0.15, 0.2) is 0 Å². The Hall–Kier alpha value is -2.54. The molecule has 2 aromatic heterocycles. The molecule has 1 aliphatic carbocycles. The lowest BCUT2D eigenvalue weighted by Gasteiger charge is -2.35. The first-order valence-corrected chi connectivity index (χ1v) is 10.4. The molecule has 5 nitrogen and oxygen atoms in total. The third kappa shape index (κ3) is 3.67. The molecule has 160 valence electrons. The number of hydrogen-bond acceptors (Lipinski definition) is 3. The third-order valence-electron chi connectivity index (χ3n) is 5.87. The second-order valence-corrected chi connectivity index (χ2v) is 8.34. The Morgan fingerprint density at radius 1 is 1.27 bits per heavy atom. The molecule has 0 radical (unpaired) electrons. The van der Waals surface area contributed by atoms with Crippen molar-refractivity contribution in [2.24, 2.45) is 7.05 Å². The fourth-order valence-corrected chi connectivity index (χ4v) is 4.28. The molecule has 7 heteroatoms. The van der Waals surface area contributed by atoms with E-state index in [2.05, 4.69) is 4.57 Å². The van der Waals surface area contributed by atoms with Gasteiger partial charge in [-0.05, 0) is 50.1 Å². The van der Waals surface area contributed by atoms with Crippen LogP contribution in [0.2, 0.25) is 0 Å². The van der Waals surface area contributed by atoms with Gasteiger partial charge in [-0.2, -0.15) is 0 Å². The first kappa shape index (κ1) is 20.7. The lowest BCUT2D eigenvalue weighted by Crippen LogP contribution is -2.35. The molecular weight excluding hydrogens is 388 g/mol. The van der Waals surface area contributed by atoms with E-state index in [0.717, 1.165) is 22.2 Å². The van der Waals surface area contributed by atoms with Gasteiger partial charge in [0.2, 0.25) is 5.92 Å². The van der Waals surface area contributed by atoms with E-state index in [1.54, 1.807) is 18.5 Å². The largest absolute Gasteiger partial charge is 0.380 e. The monoisotopic (exact) mass is 415 g/mol. The van der Waals surface area contributed by atoms with E-state index in [-0.39, 0.29) is 30.4 Å². The van der Waals surface area contributed by atoms with E-state index < -0.39 is 5.92 Å². The zero-order chi connectivity index (χ0) is 21.6. The Balaban J connectivity index is 1.83. The van der Waals surface area contributed by atoms with Crippen molar-refractivity contribution in [1.29, 1.82) is 0 Å². The van der Waals surface area contributed by atoms with Crippen molar-refractivity contribution in [2.75, 3.05) is 13.2 Å². The van der Waals surface area contributed by atoms with Gasteiger partial charge < -0.3 is 13.9 Å². The summed E-state index contributed by atoms with van der Waals surface area (Å²) in [6.45, 7) is 6.84. The van der Waals surface area contributed by atoms with Crippen LogP contribution >= 0.6 is 0 Å². The molecule has 0 amide bonds. The molecule has 2 heterocycles. The standard InChI is InChI=1S/C23H27F2N3O2/c1-5-30-13-15(3)28-20-9-16(17-8-14(2)22(29)27(4)12-17)6-7-19(20)26-21(28)18-10-23(24,25)11-18/h6-9,12,15,18H,5,10-11,13H2,1-4H3/t15-/m1/s1. The average Bonchev–Trinajstić information content (AvgIpc) is 3.06. The van der Waals surface area contributed by atoms with Crippen LogP contribution in [0.5, 0.6) is 0 Å². The van der Waals surface area contributed by atoms with Crippen LogP contribution in [0.4, 0.5) is 8.78 Å². The number of halogens is 2. The number of aromatic nitrogens is 3. The maximum absolute atomic E-state index is 13.6. The number of benzene rings is 1. The summed E-state index contributed by atoms with van der Waals surface area (Å²) < 4.78 is 36.4. The summed E-state index contributed by atoms with van der Waals surface area (Å²) in [6.07, 6.45) is 1.49. The summed E-state index contributed by atoms with van der Waals surface area (Å²) in [4.78, 5) is 16.8. The Kier molecular flexibility index (Phi) is 5.26. The van der Waals surface area contributed by atoms with E-state index in [4.69, 9.17) is 9.72 Å². The van der Waals surface area contributed by atoms with Crippen molar-refractivity contribution in [2.45, 2.75) is 51.5 Å². The van der Waals surface area contributed by atoms with Crippen LogP contribution in [-0.4, -0.2) is 33.3 Å². The summed E-state index contributed by atoms with van der Waals surface area (Å²) in [5, 5.41) is 0. The third-order valence-corrected chi connectivity index (χ3v) is 5.87. The van der Waals surface area contributed by atoms with Gasteiger partial charge in [0, 0.05) is 44.2 Å². The molecule has 0 N–H and O–H groups in total. The van der Waals surface area contributed by atoms with Gasteiger partial charge in [0.05, 0.1) is 23.7 Å². The maximum atomic E-state index is 13.6. The highest BCUT2D eigenvalue weighted by molar-refractivity contribution is 5.83. The Bertz CT molecular complexity index is 1120. The minimum atomic E-state index is -2.60. The van der Waals surface area contributed by atoms with Crippen LogP contribution in [0.3, 0.4) is 0 Å². The van der Waals surface area contributed by atoms with Crippen molar-refractivity contribution in [3.8, 4) is 11.1 Å². The molecule has 0 bridgehead atoms. The molecule has 0 spiro atoms. The lowest BCUT2D eigenvalue weighted by molar-refractivity contribution is -0.0893. The summed E-state index contributed by atoms with van der Waals surface area (Å²) in [6, 6.07) is 7.77. The minimum absolute atomic E-state index is 0.0246. The lowest BCUT2D eigenvalue weighted by atomic mass is 9.80. The van der Waals surface area contributed by atoms with E-state index in [1.807, 2.05) is 44.3 Å². The number of nitrogens with zero attached hydrogens (tertiary/aromatic N) is 3. The number of rotatable bonds is 6.